The van der Waals surface area contributed by atoms with Gasteiger partial charge in [-0.15, -0.1) is 22.7 Å². The van der Waals surface area contributed by atoms with Gasteiger partial charge in [-0.05, 0) is 6.92 Å². The highest BCUT2D eigenvalue weighted by Crippen LogP contribution is 2.07. The Morgan fingerprint density at radius 1 is 1.29 bits per heavy atom. The zero-order chi connectivity index (χ0) is 9.80. The molecule has 0 spiro atoms. The second kappa shape index (κ2) is 4.63. The highest BCUT2D eigenvalue weighted by atomic mass is 32.1. The molecule has 0 saturated carbocycles. The lowest BCUT2D eigenvalue weighted by Gasteiger charge is -1.98. The predicted molar refractivity (Wildman–Crippen MR) is 59.5 cm³/mol. The lowest BCUT2D eigenvalue weighted by atomic mass is 10.4. The average molecular weight is 225 g/mol. The summed E-state index contributed by atoms with van der Waals surface area (Å²) in [6.45, 7) is 3.66. The second-order valence-corrected chi connectivity index (χ2v) is 4.72. The number of aryl methyl sites for hydroxylation is 1. The maximum atomic E-state index is 4.37. The summed E-state index contributed by atoms with van der Waals surface area (Å²) in [7, 11) is 0. The van der Waals surface area contributed by atoms with E-state index in [0.717, 1.165) is 29.5 Å². The maximum absolute atomic E-state index is 4.37. The molecule has 2 heterocycles. The van der Waals surface area contributed by atoms with Crippen molar-refractivity contribution in [2.24, 2.45) is 0 Å². The summed E-state index contributed by atoms with van der Waals surface area (Å²) >= 11 is 3.31. The summed E-state index contributed by atoms with van der Waals surface area (Å²) < 4.78 is 0. The number of hydrogen-bond donors (Lipinski definition) is 1. The summed E-state index contributed by atoms with van der Waals surface area (Å²) in [4.78, 5) is 8.56. The molecule has 2 rings (SSSR count). The van der Waals surface area contributed by atoms with Crippen LogP contribution >= 0.6 is 22.7 Å². The summed E-state index contributed by atoms with van der Waals surface area (Å²) in [6, 6.07) is 0. The van der Waals surface area contributed by atoms with E-state index >= 15 is 0 Å². The zero-order valence-corrected chi connectivity index (χ0v) is 9.49. The number of nitrogens with zero attached hydrogens (tertiary/aromatic N) is 2. The van der Waals surface area contributed by atoms with Gasteiger partial charge in [0.05, 0.1) is 21.9 Å². The Morgan fingerprint density at radius 2 is 2.14 bits per heavy atom. The summed E-state index contributed by atoms with van der Waals surface area (Å²) in [6.07, 6.45) is 0. The molecule has 0 aliphatic carbocycles. The van der Waals surface area contributed by atoms with E-state index in [0.29, 0.717) is 0 Å². The summed E-state index contributed by atoms with van der Waals surface area (Å²) in [5, 5.41) is 8.57. The van der Waals surface area contributed by atoms with E-state index < -0.39 is 0 Å². The van der Waals surface area contributed by atoms with E-state index in [1.54, 1.807) is 22.7 Å². The third-order valence-electron chi connectivity index (χ3n) is 1.76. The molecular formula is C9H11N3S2. The molecule has 2 aromatic heterocycles. The first-order chi connectivity index (χ1) is 6.84. The maximum Gasteiger partial charge on any atom is 0.0897 e. The Labute approximate surface area is 90.9 Å². The fourth-order valence-corrected chi connectivity index (χ4v) is 2.30. The van der Waals surface area contributed by atoms with E-state index in [-0.39, 0.29) is 0 Å². The minimum absolute atomic E-state index is 0.820. The van der Waals surface area contributed by atoms with Crippen LogP contribution in [0.3, 0.4) is 0 Å². The van der Waals surface area contributed by atoms with Crippen molar-refractivity contribution in [1.82, 2.24) is 15.3 Å². The molecule has 14 heavy (non-hydrogen) atoms. The van der Waals surface area contributed by atoms with Gasteiger partial charge in [0.25, 0.3) is 0 Å². The van der Waals surface area contributed by atoms with Crippen LogP contribution in [-0.2, 0) is 13.1 Å². The third-order valence-corrected chi connectivity index (χ3v) is 3.22. The Hall–Kier alpha value is -0.780. The molecule has 0 radical (unpaired) electrons. The Bertz CT molecular complexity index is 380. The number of nitrogens with one attached hydrogen (secondary N) is 1. The third kappa shape index (κ3) is 2.60. The van der Waals surface area contributed by atoms with Crippen molar-refractivity contribution in [3.8, 4) is 0 Å². The molecule has 0 aliphatic heterocycles. The van der Waals surface area contributed by atoms with Crippen LogP contribution in [0.4, 0.5) is 0 Å². The van der Waals surface area contributed by atoms with Crippen molar-refractivity contribution in [2.75, 3.05) is 0 Å². The number of rotatable bonds is 4. The van der Waals surface area contributed by atoms with Gasteiger partial charge in [-0.2, -0.15) is 0 Å². The number of aromatic nitrogens is 2. The summed E-state index contributed by atoms with van der Waals surface area (Å²) in [5.74, 6) is 0. The van der Waals surface area contributed by atoms with Gasteiger partial charge >= 0.3 is 0 Å². The van der Waals surface area contributed by atoms with Crippen LogP contribution in [0.1, 0.15) is 16.4 Å². The Kier molecular flexibility index (Phi) is 3.23. The van der Waals surface area contributed by atoms with Crippen molar-refractivity contribution in [1.29, 1.82) is 0 Å². The molecule has 74 valence electrons. The molecule has 5 heteroatoms. The normalized spacial score (nSPS) is 10.6. The molecule has 0 fully saturated rings. The minimum Gasteiger partial charge on any atom is -0.305 e. The Morgan fingerprint density at radius 3 is 2.79 bits per heavy atom. The zero-order valence-electron chi connectivity index (χ0n) is 7.86. The molecule has 0 saturated heterocycles. The van der Waals surface area contributed by atoms with E-state index in [4.69, 9.17) is 0 Å². The van der Waals surface area contributed by atoms with Gasteiger partial charge in [-0.25, -0.2) is 9.97 Å². The van der Waals surface area contributed by atoms with Gasteiger partial charge in [-0.1, -0.05) is 0 Å². The molecule has 0 bridgehead atoms. The van der Waals surface area contributed by atoms with Crippen LogP contribution in [0.25, 0.3) is 0 Å². The number of hydrogen-bond acceptors (Lipinski definition) is 5. The van der Waals surface area contributed by atoms with Crippen LogP contribution < -0.4 is 5.32 Å². The van der Waals surface area contributed by atoms with Crippen LogP contribution in [0.2, 0.25) is 0 Å². The van der Waals surface area contributed by atoms with E-state index in [2.05, 4.69) is 26.0 Å². The van der Waals surface area contributed by atoms with E-state index in [9.17, 15) is 0 Å². The molecular weight excluding hydrogens is 214 g/mol. The topological polar surface area (TPSA) is 37.8 Å². The van der Waals surface area contributed by atoms with Crippen LogP contribution in [-0.4, -0.2) is 9.97 Å². The van der Waals surface area contributed by atoms with Crippen molar-refractivity contribution in [3.63, 3.8) is 0 Å². The predicted octanol–water partition coefficient (Wildman–Crippen LogP) is 2.20. The highest BCUT2D eigenvalue weighted by Gasteiger charge is 1.98. The van der Waals surface area contributed by atoms with Gasteiger partial charge in [0.15, 0.2) is 0 Å². The molecule has 1 N–H and O–H groups in total. The monoisotopic (exact) mass is 225 g/mol. The lowest BCUT2D eigenvalue weighted by Crippen LogP contribution is -2.12. The van der Waals surface area contributed by atoms with E-state index in [1.165, 1.54) is 0 Å². The minimum atomic E-state index is 0.820. The van der Waals surface area contributed by atoms with Gasteiger partial charge in [-0.3, -0.25) is 0 Å². The molecule has 3 nitrogen and oxygen atoms in total. The van der Waals surface area contributed by atoms with Crippen molar-refractivity contribution in [3.05, 3.63) is 32.7 Å². The SMILES string of the molecule is Cc1nc(CNCc2cscn2)cs1. The molecule has 0 aromatic carbocycles. The first-order valence-electron chi connectivity index (χ1n) is 4.33. The standard InChI is InChI=1S/C9H11N3S2/c1-7-12-9(5-14-7)3-10-2-8-4-13-6-11-8/h4-6,10H,2-3H2,1H3. The fourth-order valence-electron chi connectivity index (χ4n) is 1.13. The molecule has 0 amide bonds. The molecule has 0 aliphatic rings. The van der Waals surface area contributed by atoms with Gasteiger partial charge in [0.1, 0.15) is 0 Å². The first-order valence-corrected chi connectivity index (χ1v) is 6.15. The van der Waals surface area contributed by atoms with Crippen LogP contribution in [0.5, 0.6) is 0 Å². The number of thiazole rings is 2. The van der Waals surface area contributed by atoms with Crippen LogP contribution in [0.15, 0.2) is 16.3 Å². The van der Waals surface area contributed by atoms with E-state index in [1.807, 2.05) is 12.4 Å². The largest absolute Gasteiger partial charge is 0.305 e. The quantitative estimate of drug-likeness (QED) is 0.867. The first kappa shape index (κ1) is 9.76. The van der Waals surface area contributed by atoms with Gasteiger partial charge in [0, 0.05) is 23.8 Å². The molecule has 0 unspecified atom stereocenters. The Balaban J connectivity index is 1.78. The van der Waals surface area contributed by atoms with Crippen molar-refractivity contribution >= 4 is 22.7 Å². The van der Waals surface area contributed by atoms with Crippen molar-refractivity contribution in [2.45, 2.75) is 20.0 Å². The average Bonchev–Trinajstić information content (AvgIpc) is 2.77. The fraction of sp³-hybridized carbons (Fsp3) is 0.333. The van der Waals surface area contributed by atoms with Crippen molar-refractivity contribution < 1.29 is 0 Å². The molecule has 2 aromatic rings. The van der Waals surface area contributed by atoms with Crippen LogP contribution in [0, 0.1) is 6.92 Å². The van der Waals surface area contributed by atoms with Gasteiger partial charge in [0.2, 0.25) is 0 Å². The van der Waals surface area contributed by atoms with Gasteiger partial charge < -0.3 is 5.32 Å². The summed E-state index contributed by atoms with van der Waals surface area (Å²) in [5.41, 5.74) is 4.06. The highest BCUT2D eigenvalue weighted by molar-refractivity contribution is 7.09. The smallest absolute Gasteiger partial charge is 0.0897 e. The second-order valence-electron chi connectivity index (χ2n) is 2.94. The molecule has 0 atom stereocenters. The lowest BCUT2D eigenvalue weighted by molar-refractivity contribution is 0.672.